The van der Waals surface area contributed by atoms with Gasteiger partial charge in [-0.05, 0) is 0 Å². The first-order valence-electron chi connectivity index (χ1n) is 3.67. The number of carbonyl (C=O) groups is 1. The molecule has 58 valence electrons. The van der Waals surface area contributed by atoms with Crippen molar-refractivity contribution in [2.75, 3.05) is 6.61 Å². The maximum absolute atomic E-state index is 10.7. The second-order valence-corrected chi connectivity index (χ2v) is 3.76. The van der Waals surface area contributed by atoms with Gasteiger partial charge in [-0.25, -0.2) is 0 Å². The van der Waals surface area contributed by atoms with Crippen molar-refractivity contribution in [1.82, 2.24) is 0 Å². The molecule has 0 aromatic carbocycles. The van der Waals surface area contributed by atoms with Gasteiger partial charge in [0.2, 0.25) is 0 Å². The zero-order valence-corrected chi connectivity index (χ0v) is 9.73. The van der Waals surface area contributed by atoms with Gasteiger partial charge in [-0.2, -0.15) is 0 Å². The van der Waals surface area contributed by atoms with Gasteiger partial charge in [-0.15, -0.1) is 0 Å². The predicted octanol–water partition coefficient (Wildman–Crippen LogP) is 1.04. The van der Waals surface area contributed by atoms with Crippen molar-refractivity contribution in [1.29, 1.82) is 0 Å². The minimum atomic E-state index is -0.0268. The number of carbonyl (C=O) groups excluding carboxylic acids is 1. The van der Waals surface area contributed by atoms with Crippen molar-refractivity contribution in [3.05, 3.63) is 0 Å². The zero-order chi connectivity index (χ0) is 7.82. The summed E-state index contributed by atoms with van der Waals surface area (Å²) in [5.41, 5.74) is 0. The molecule has 0 aromatic rings. The molecular formula is C7H14O2Sn. The van der Waals surface area contributed by atoms with Crippen molar-refractivity contribution in [3.8, 4) is 0 Å². The van der Waals surface area contributed by atoms with Crippen molar-refractivity contribution < 1.29 is 9.53 Å². The Hall–Kier alpha value is 0.269. The summed E-state index contributed by atoms with van der Waals surface area (Å²) in [6.07, 6.45) is 2.70. The van der Waals surface area contributed by atoms with Crippen LogP contribution in [0.25, 0.3) is 0 Å². The van der Waals surface area contributed by atoms with Crippen molar-refractivity contribution in [3.63, 3.8) is 0 Å². The normalized spacial score (nSPS) is 9.40. The minimum absolute atomic E-state index is 0.0268. The number of hydrogen-bond acceptors (Lipinski definition) is 2. The Balaban J connectivity index is 3.05. The molecule has 0 rings (SSSR count). The molecule has 0 N–H and O–H groups in total. The van der Waals surface area contributed by atoms with Crippen LogP contribution in [0.3, 0.4) is 0 Å². The molecule has 0 fully saturated rings. The molecule has 2 nitrogen and oxygen atoms in total. The van der Waals surface area contributed by atoms with Crippen LogP contribution in [0, 0.1) is 0 Å². The van der Waals surface area contributed by atoms with E-state index in [1.807, 2.05) is 0 Å². The zero-order valence-electron chi connectivity index (χ0n) is 6.43. The van der Waals surface area contributed by atoms with Crippen LogP contribution in [-0.2, 0) is 9.53 Å². The van der Waals surface area contributed by atoms with Crippen molar-refractivity contribution >= 4 is 28.5 Å². The van der Waals surface area contributed by atoms with Crippen LogP contribution in [0.15, 0.2) is 0 Å². The third-order valence-corrected chi connectivity index (χ3v) is 1.93. The molecule has 0 atom stereocenters. The quantitative estimate of drug-likeness (QED) is 0.413. The molecule has 0 aliphatic heterocycles. The summed E-state index contributed by atoms with van der Waals surface area (Å²) < 4.78 is 5.91. The van der Waals surface area contributed by atoms with Crippen LogP contribution in [0.2, 0.25) is 4.44 Å². The molecule has 0 aliphatic carbocycles. The van der Waals surface area contributed by atoms with Gasteiger partial charge in [0.1, 0.15) is 0 Å². The summed E-state index contributed by atoms with van der Waals surface area (Å²) in [4.78, 5) is 10.7. The molecular weight excluding hydrogens is 235 g/mol. The average molecular weight is 249 g/mol. The summed E-state index contributed by atoms with van der Waals surface area (Å²) in [6, 6.07) is 0. The first-order valence-corrected chi connectivity index (χ1v) is 6.00. The Morgan fingerprint density at radius 3 is 2.80 bits per heavy atom. The molecule has 2 radical (unpaired) electrons. The summed E-state index contributed by atoms with van der Waals surface area (Å²) in [7, 11) is 0. The van der Waals surface area contributed by atoms with Gasteiger partial charge in [-0.3, -0.25) is 0 Å². The second-order valence-electron chi connectivity index (χ2n) is 2.11. The molecule has 0 aliphatic rings. The van der Waals surface area contributed by atoms with E-state index in [4.69, 9.17) is 4.74 Å². The summed E-state index contributed by atoms with van der Waals surface area (Å²) >= 11 is 1.15. The second kappa shape index (κ2) is 7.38. The van der Waals surface area contributed by atoms with E-state index in [1.165, 1.54) is 0 Å². The van der Waals surface area contributed by atoms with E-state index in [0.29, 0.717) is 13.0 Å². The monoisotopic (exact) mass is 250 g/mol. The van der Waals surface area contributed by atoms with Gasteiger partial charge in [0.25, 0.3) is 0 Å². The number of unbranched alkanes of at least 4 members (excludes halogenated alkanes) is 1. The van der Waals surface area contributed by atoms with Crippen molar-refractivity contribution in [2.24, 2.45) is 0 Å². The third kappa shape index (κ3) is 6.39. The summed E-state index contributed by atoms with van der Waals surface area (Å²) in [5, 5.41) is 0. The molecule has 3 heteroatoms. The van der Waals surface area contributed by atoms with Gasteiger partial charge in [0.15, 0.2) is 0 Å². The molecule has 0 saturated carbocycles. The number of hydrogen-bond donors (Lipinski definition) is 0. The van der Waals surface area contributed by atoms with E-state index in [-0.39, 0.29) is 5.97 Å². The van der Waals surface area contributed by atoms with Gasteiger partial charge >= 0.3 is 75.3 Å². The van der Waals surface area contributed by atoms with E-state index in [9.17, 15) is 4.79 Å². The molecule has 0 heterocycles. The number of ether oxygens (including phenoxy) is 1. The first kappa shape index (κ1) is 10.3. The Morgan fingerprint density at radius 1 is 1.60 bits per heavy atom. The van der Waals surface area contributed by atoms with E-state index in [1.54, 1.807) is 0 Å². The number of rotatable bonds is 5. The molecule has 0 unspecified atom stereocenters. The number of esters is 1. The van der Waals surface area contributed by atoms with Gasteiger partial charge in [0.05, 0.1) is 0 Å². The Labute approximate surface area is 75.4 Å². The van der Waals surface area contributed by atoms with Crippen LogP contribution in [-0.4, -0.2) is 35.1 Å². The molecule has 0 bridgehead atoms. The molecule has 0 saturated heterocycles. The van der Waals surface area contributed by atoms with E-state index in [0.717, 1.165) is 39.8 Å². The van der Waals surface area contributed by atoms with Crippen LogP contribution < -0.4 is 0 Å². The van der Waals surface area contributed by atoms with Crippen molar-refractivity contribution in [2.45, 2.75) is 30.6 Å². The fraction of sp³-hybridized carbons (Fsp3) is 0.857. The topological polar surface area (TPSA) is 26.3 Å². The van der Waals surface area contributed by atoms with Gasteiger partial charge < -0.3 is 0 Å². The molecule has 0 spiro atoms. The first-order chi connectivity index (χ1) is 4.81. The fourth-order valence-corrected chi connectivity index (χ4v) is 1.19. The Bertz CT molecular complexity index is 93.6. The fourth-order valence-electron chi connectivity index (χ4n) is 0.520. The van der Waals surface area contributed by atoms with E-state index >= 15 is 0 Å². The predicted molar refractivity (Wildman–Crippen MR) is 42.4 cm³/mol. The molecule has 0 amide bonds. The maximum atomic E-state index is 10.7. The van der Waals surface area contributed by atoms with Crippen LogP contribution >= 0.6 is 0 Å². The average Bonchev–Trinajstić information content (AvgIpc) is 1.89. The standard InChI is InChI=1S/C7H13O2.Sn.H/c1-3-5-6-9-7(8)4-2;;/h2-6H2,1H3;;. The van der Waals surface area contributed by atoms with E-state index < -0.39 is 0 Å². The van der Waals surface area contributed by atoms with Crippen LogP contribution in [0.1, 0.15) is 26.2 Å². The molecule has 0 aromatic heterocycles. The van der Waals surface area contributed by atoms with Gasteiger partial charge in [-0.1, -0.05) is 0 Å². The summed E-state index contributed by atoms with van der Waals surface area (Å²) in [5.74, 6) is -0.0268. The third-order valence-electron chi connectivity index (χ3n) is 1.11. The van der Waals surface area contributed by atoms with Crippen LogP contribution in [0.5, 0.6) is 0 Å². The SMILES string of the molecule is CCCCOC(=O)C[CH2][SnH]. The van der Waals surface area contributed by atoms with Crippen LogP contribution in [0.4, 0.5) is 0 Å². The summed E-state index contributed by atoms with van der Waals surface area (Å²) in [6.45, 7) is 2.69. The molecule has 10 heavy (non-hydrogen) atoms. The Kier molecular flexibility index (Phi) is 7.57. The Morgan fingerprint density at radius 2 is 2.30 bits per heavy atom. The van der Waals surface area contributed by atoms with Gasteiger partial charge in [0, 0.05) is 0 Å². The van der Waals surface area contributed by atoms with E-state index in [2.05, 4.69) is 6.92 Å².